The van der Waals surface area contributed by atoms with Crippen LogP contribution in [0.4, 0.5) is 0 Å². The van der Waals surface area contributed by atoms with Crippen molar-refractivity contribution in [2.75, 3.05) is 5.75 Å². The number of benzene rings is 1. The molecule has 2 rings (SSSR count). The Bertz CT molecular complexity index is 407. The number of hydrogen-bond acceptors (Lipinski definition) is 3. The highest BCUT2D eigenvalue weighted by molar-refractivity contribution is 7.99. The molecule has 0 spiro atoms. The van der Waals surface area contributed by atoms with E-state index in [1.54, 1.807) is 0 Å². The lowest BCUT2D eigenvalue weighted by Crippen LogP contribution is -2.42. The Morgan fingerprint density at radius 1 is 1.37 bits per heavy atom. The number of hydrogen-bond donors (Lipinski definition) is 1. The molecule has 3 heteroatoms. The molecule has 2 atom stereocenters. The summed E-state index contributed by atoms with van der Waals surface area (Å²) < 4.78 is 6.01. The summed E-state index contributed by atoms with van der Waals surface area (Å²) in [7, 11) is 0. The molecule has 1 aliphatic heterocycles. The van der Waals surface area contributed by atoms with Gasteiger partial charge in [-0.3, -0.25) is 0 Å². The van der Waals surface area contributed by atoms with Crippen LogP contribution in [0.15, 0.2) is 41.8 Å². The average Bonchev–Trinajstić information content (AvgIpc) is 2.46. The summed E-state index contributed by atoms with van der Waals surface area (Å²) in [6.45, 7) is 3.74. The van der Waals surface area contributed by atoms with Gasteiger partial charge < -0.3 is 10.5 Å². The topological polar surface area (TPSA) is 35.2 Å². The third-order valence-corrected chi connectivity index (χ3v) is 4.60. The minimum absolute atomic E-state index is 0.143. The molecule has 1 aromatic carbocycles. The third kappa shape index (κ3) is 4.29. The van der Waals surface area contributed by atoms with Crippen LogP contribution in [0.25, 0.3) is 0 Å². The molecule has 104 valence electrons. The Labute approximate surface area is 120 Å². The maximum Gasteiger partial charge on any atom is 0.133 e. The van der Waals surface area contributed by atoms with Gasteiger partial charge in [-0.2, -0.15) is 0 Å². The number of para-hydroxylation sites is 1. The normalized spacial score (nSPS) is 19.3. The van der Waals surface area contributed by atoms with Crippen molar-refractivity contribution < 1.29 is 4.74 Å². The second kappa shape index (κ2) is 7.61. The first-order valence-corrected chi connectivity index (χ1v) is 8.05. The van der Waals surface area contributed by atoms with Gasteiger partial charge in [0.05, 0.1) is 0 Å². The quantitative estimate of drug-likeness (QED) is 0.604. The number of thioether (sulfide) groups is 1. The van der Waals surface area contributed by atoms with Crippen molar-refractivity contribution in [3.05, 3.63) is 36.9 Å². The standard InChI is InChI=1S/C16H23NOS/c1-2-3-4-5-6-9-13(17)15-12-19-16-11-8-7-10-14(16)18-15/h2,7-8,10-11,13,15H,1,3-6,9,12,17H2. The summed E-state index contributed by atoms with van der Waals surface area (Å²) in [6, 6.07) is 8.35. The zero-order chi connectivity index (χ0) is 13.5. The van der Waals surface area contributed by atoms with Crippen LogP contribution in [-0.2, 0) is 0 Å². The minimum atomic E-state index is 0.143. The molecule has 0 bridgehead atoms. The van der Waals surface area contributed by atoms with Crippen molar-refractivity contribution in [2.24, 2.45) is 5.73 Å². The highest BCUT2D eigenvalue weighted by atomic mass is 32.2. The Morgan fingerprint density at radius 3 is 3.05 bits per heavy atom. The maximum atomic E-state index is 6.26. The lowest BCUT2D eigenvalue weighted by Gasteiger charge is -2.29. The van der Waals surface area contributed by atoms with Gasteiger partial charge in [-0.15, -0.1) is 18.3 Å². The van der Waals surface area contributed by atoms with Crippen molar-refractivity contribution in [3.8, 4) is 5.75 Å². The van der Waals surface area contributed by atoms with Gasteiger partial charge >= 0.3 is 0 Å². The lowest BCUT2D eigenvalue weighted by atomic mass is 10.0. The van der Waals surface area contributed by atoms with Crippen LogP contribution >= 0.6 is 11.8 Å². The van der Waals surface area contributed by atoms with E-state index in [1.807, 2.05) is 30.0 Å². The van der Waals surface area contributed by atoms with Crippen LogP contribution in [0.2, 0.25) is 0 Å². The predicted octanol–water partition coefficient (Wildman–Crippen LogP) is 4.00. The molecule has 0 fully saturated rings. The summed E-state index contributed by atoms with van der Waals surface area (Å²) in [4.78, 5) is 1.23. The van der Waals surface area contributed by atoms with Gasteiger partial charge in [-0.05, 0) is 31.4 Å². The number of ether oxygens (including phenoxy) is 1. The number of allylic oxidation sites excluding steroid dienone is 1. The smallest absolute Gasteiger partial charge is 0.133 e. The SMILES string of the molecule is C=CCCCCCC(N)C1CSc2ccccc2O1. The van der Waals surface area contributed by atoms with Crippen molar-refractivity contribution in [2.45, 2.75) is 49.1 Å². The first kappa shape index (κ1) is 14.5. The Balaban J connectivity index is 1.75. The Kier molecular flexibility index (Phi) is 5.80. The van der Waals surface area contributed by atoms with E-state index < -0.39 is 0 Å². The van der Waals surface area contributed by atoms with Crippen LogP contribution in [0.3, 0.4) is 0 Å². The van der Waals surface area contributed by atoms with Crippen LogP contribution in [0.5, 0.6) is 5.75 Å². The fourth-order valence-corrected chi connectivity index (χ4v) is 3.37. The van der Waals surface area contributed by atoms with Crippen molar-refractivity contribution in [1.82, 2.24) is 0 Å². The fourth-order valence-electron chi connectivity index (χ4n) is 2.28. The molecule has 0 aliphatic carbocycles. The van der Waals surface area contributed by atoms with Gasteiger partial charge in [0.15, 0.2) is 0 Å². The zero-order valence-electron chi connectivity index (χ0n) is 11.4. The molecule has 19 heavy (non-hydrogen) atoms. The number of fused-ring (bicyclic) bond motifs is 1. The molecule has 2 unspecified atom stereocenters. The Morgan fingerprint density at radius 2 is 2.21 bits per heavy atom. The largest absolute Gasteiger partial charge is 0.487 e. The highest BCUT2D eigenvalue weighted by Gasteiger charge is 2.25. The summed E-state index contributed by atoms with van der Waals surface area (Å²) in [5.41, 5.74) is 6.26. The number of rotatable bonds is 7. The third-order valence-electron chi connectivity index (χ3n) is 3.45. The summed E-state index contributed by atoms with van der Waals surface area (Å²) in [6.07, 6.45) is 7.93. The molecule has 2 nitrogen and oxygen atoms in total. The molecule has 0 amide bonds. The molecular weight excluding hydrogens is 254 g/mol. The lowest BCUT2D eigenvalue weighted by molar-refractivity contribution is 0.178. The van der Waals surface area contributed by atoms with Gasteiger partial charge in [0.25, 0.3) is 0 Å². The maximum absolute atomic E-state index is 6.26. The minimum Gasteiger partial charge on any atom is -0.487 e. The van der Waals surface area contributed by atoms with Crippen LogP contribution in [0.1, 0.15) is 32.1 Å². The summed E-state index contributed by atoms with van der Waals surface area (Å²) >= 11 is 1.85. The zero-order valence-corrected chi connectivity index (χ0v) is 12.2. The van der Waals surface area contributed by atoms with E-state index in [4.69, 9.17) is 10.5 Å². The van der Waals surface area contributed by atoms with E-state index in [-0.39, 0.29) is 12.1 Å². The van der Waals surface area contributed by atoms with E-state index in [1.165, 1.54) is 24.2 Å². The summed E-state index contributed by atoms with van der Waals surface area (Å²) in [5, 5.41) is 0. The van der Waals surface area contributed by atoms with Crippen molar-refractivity contribution in [3.63, 3.8) is 0 Å². The first-order chi connectivity index (χ1) is 9.31. The summed E-state index contributed by atoms with van der Waals surface area (Å²) in [5.74, 6) is 1.95. The van der Waals surface area contributed by atoms with E-state index >= 15 is 0 Å². The highest BCUT2D eigenvalue weighted by Crippen LogP contribution is 2.35. The fraction of sp³-hybridized carbons (Fsp3) is 0.500. The van der Waals surface area contributed by atoms with Crippen LogP contribution in [0, 0.1) is 0 Å². The van der Waals surface area contributed by atoms with Crippen molar-refractivity contribution >= 4 is 11.8 Å². The van der Waals surface area contributed by atoms with Crippen LogP contribution in [-0.4, -0.2) is 17.9 Å². The van der Waals surface area contributed by atoms with E-state index in [2.05, 4.69) is 18.7 Å². The molecule has 0 aromatic heterocycles. The molecule has 0 radical (unpaired) electrons. The Hall–Kier alpha value is -0.930. The molecule has 0 saturated heterocycles. The molecule has 0 saturated carbocycles. The molecule has 1 aromatic rings. The molecule has 1 heterocycles. The first-order valence-electron chi connectivity index (χ1n) is 7.06. The van der Waals surface area contributed by atoms with Gasteiger partial charge in [0.2, 0.25) is 0 Å². The van der Waals surface area contributed by atoms with E-state index in [0.29, 0.717) is 0 Å². The van der Waals surface area contributed by atoms with Crippen molar-refractivity contribution in [1.29, 1.82) is 0 Å². The number of nitrogens with two attached hydrogens (primary N) is 1. The van der Waals surface area contributed by atoms with Gasteiger partial charge in [0.1, 0.15) is 11.9 Å². The molecule has 2 N–H and O–H groups in total. The van der Waals surface area contributed by atoms with E-state index in [0.717, 1.165) is 24.3 Å². The van der Waals surface area contributed by atoms with Crippen LogP contribution < -0.4 is 10.5 Å². The number of unbranched alkanes of at least 4 members (excludes halogenated alkanes) is 3. The monoisotopic (exact) mass is 277 g/mol. The van der Waals surface area contributed by atoms with Gasteiger partial charge in [-0.1, -0.05) is 31.1 Å². The predicted molar refractivity (Wildman–Crippen MR) is 82.8 cm³/mol. The second-order valence-corrected chi connectivity index (χ2v) is 6.07. The average molecular weight is 277 g/mol. The molecule has 1 aliphatic rings. The molecular formula is C16H23NOS. The van der Waals surface area contributed by atoms with Gasteiger partial charge in [-0.25, -0.2) is 0 Å². The van der Waals surface area contributed by atoms with E-state index in [9.17, 15) is 0 Å². The second-order valence-electron chi connectivity index (χ2n) is 5.00. The van der Waals surface area contributed by atoms with Gasteiger partial charge in [0, 0.05) is 16.7 Å².